The van der Waals surface area contributed by atoms with Gasteiger partial charge in [0.15, 0.2) is 4.34 Å². The second kappa shape index (κ2) is 9.75. The average molecular weight is 402 g/mol. The second-order valence-corrected chi connectivity index (χ2v) is 9.12. The van der Waals surface area contributed by atoms with Crippen LogP contribution in [0.2, 0.25) is 0 Å². The molecule has 1 amide bonds. The number of aromatic nitrogens is 2. The van der Waals surface area contributed by atoms with Gasteiger partial charge in [-0.3, -0.25) is 10.1 Å². The molecule has 0 aliphatic carbocycles. The number of nitrogens with one attached hydrogen (secondary N) is 1. The Balaban J connectivity index is 1.45. The molecular weight excluding hydrogens is 382 g/mol. The molecule has 1 unspecified atom stereocenters. The Morgan fingerprint density at radius 3 is 2.50 bits per heavy atom. The first-order chi connectivity index (χ1) is 12.7. The van der Waals surface area contributed by atoms with E-state index in [1.807, 2.05) is 36.4 Å². The lowest BCUT2D eigenvalue weighted by molar-refractivity contribution is -0.113. The maximum Gasteiger partial charge on any atom is 0.236 e. The van der Waals surface area contributed by atoms with Gasteiger partial charge in [0.1, 0.15) is 0 Å². The molecule has 0 aliphatic heterocycles. The summed E-state index contributed by atoms with van der Waals surface area (Å²) in [5.74, 6) is 1.17. The molecule has 3 aromatic rings. The Kier molecular flexibility index (Phi) is 7.11. The highest BCUT2D eigenvalue weighted by Crippen LogP contribution is 2.37. The van der Waals surface area contributed by atoms with Crippen molar-refractivity contribution in [1.82, 2.24) is 10.2 Å². The number of hydrogen-bond acceptors (Lipinski definition) is 6. The summed E-state index contributed by atoms with van der Waals surface area (Å²) < 4.78 is 0.855. The van der Waals surface area contributed by atoms with Crippen molar-refractivity contribution < 1.29 is 4.79 Å². The topological polar surface area (TPSA) is 54.9 Å². The van der Waals surface area contributed by atoms with Crippen LogP contribution in [0.25, 0.3) is 0 Å². The summed E-state index contributed by atoms with van der Waals surface area (Å²) in [6.45, 7) is 2.14. The lowest BCUT2D eigenvalue weighted by atomic mass is 10.2. The number of anilines is 1. The summed E-state index contributed by atoms with van der Waals surface area (Å²) >= 11 is 4.65. The van der Waals surface area contributed by atoms with E-state index in [2.05, 4.69) is 46.7 Å². The van der Waals surface area contributed by atoms with Crippen molar-refractivity contribution in [2.45, 2.75) is 22.3 Å². The molecule has 134 valence electrons. The minimum absolute atomic E-state index is 0.0465. The van der Waals surface area contributed by atoms with Crippen LogP contribution in [0.1, 0.15) is 23.3 Å². The Morgan fingerprint density at radius 1 is 1.08 bits per heavy atom. The molecule has 0 saturated heterocycles. The van der Waals surface area contributed by atoms with Gasteiger partial charge in [-0.05, 0) is 18.1 Å². The van der Waals surface area contributed by atoms with E-state index in [9.17, 15) is 4.79 Å². The minimum atomic E-state index is -0.0465. The van der Waals surface area contributed by atoms with E-state index in [0.717, 1.165) is 10.1 Å². The number of carbonyl (C=O) groups excluding carboxylic acids is 1. The Hall–Kier alpha value is -1.83. The fraction of sp³-hybridized carbons (Fsp3) is 0.211. The molecule has 0 fully saturated rings. The molecule has 3 rings (SSSR count). The molecule has 4 nitrogen and oxygen atoms in total. The standard InChI is InChI=1S/C19H19N3OS3/c1-14(16-10-6-3-7-11-16)25-19-22-21-18(26-19)20-17(23)13-24-12-15-8-4-2-5-9-15/h2-11,14H,12-13H2,1H3,(H,20,21,23). The van der Waals surface area contributed by atoms with Crippen molar-refractivity contribution in [3.8, 4) is 0 Å². The maximum atomic E-state index is 12.1. The maximum absolute atomic E-state index is 12.1. The molecule has 0 saturated carbocycles. The average Bonchev–Trinajstić information content (AvgIpc) is 3.10. The van der Waals surface area contributed by atoms with E-state index >= 15 is 0 Å². The van der Waals surface area contributed by atoms with Gasteiger partial charge in [0.2, 0.25) is 11.0 Å². The summed E-state index contributed by atoms with van der Waals surface area (Å²) in [7, 11) is 0. The molecule has 0 aliphatic rings. The zero-order chi connectivity index (χ0) is 18.2. The Labute approximate surface area is 165 Å². The van der Waals surface area contributed by atoms with Crippen molar-refractivity contribution in [1.29, 1.82) is 0 Å². The van der Waals surface area contributed by atoms with Crippen molar-refractivity contribution in [3.63, 3.8) is 0 Å². The first-order valence-corrected chi connectivity index (χ1v) is 11.0. The molecule has 2 aromatic carbocycles. The fourth-order valence-electron chi connectivity index (χ4n) is 2.24. The van der Waals surface area contributed by atoms with Crippen molar-refractivity contribution in [2.24, 2.45) is 0 Å². The third kappa shape index (κ3) is 5.86. The predicted molar refractivity (Wildman–Crippen MR) is 112 cm³/mol. The smallest absolute Gasteiger partial charge is 0.236 e. The number of hydrogen-bond donors (Lipinski definition) is 1. The normalized spacial score (nSPS) is 11.9. The molecule has 26 heavy (non-hydrogen) atoms. The van der Waals surface area contributed by atoms with Crippen LogP contribution in [0.3, 0.4) is 0 Å². The largest absolute Gasteiger partial charge is 0.300 e. The molecule has 0 spiro atoms. The number of amides is 1. The van der Waals surface area contributed by atoms with Crippen LogP contribution in [-0.4, -0.2) is 21.9 Å². The quantitative estimate of drug-likeness (QED) is 0.412. The Bertz CT molecular complexity index is 824. The second-order valence-electron chi connectivity index (χ2n) is 5.57. The van der Waals surface area contributed by atoms with Crippen molar-refractivity contribution in [3.05, 3.63) is 71.8 Å². The zero-order valence-electron chi connectivity index (χ0n) is 14.3. The van der Waals surface area contributed by atoms with Gasteiger partial charge in [-0.15, -0.1) is 22.0 Å². The summed E-state index contributed by atoms with van der Waals surface area (Å²) in [5, 5.41) is 11.9. The van der Waals surface area contributed by atoms with E-state index < -0.39 is 0 Å². The van der Waals surface area contributed by atoms with E-state index in [1.54, 1.807) is 23.5 Å². The van der Waals surface area contributed by atoms with Crippen LogP contribution in [0.5, 0.6) is 0 Å². The van der Waals surface area contributed by atoms with E-state index in [1.165, 1.54) is 22.5 Å². The molecule has 1 aromatic heterocycles. The van der Waals surface area contributed by atoms with Gasteiger partial charge in [0, 0.05) is 11.0 Å². The number of carbonyl (C=O) groups is 1. The first kappa shape index (κ1) is 18.9. The molecular formula is C19H19N3OS3. The lowest BCUT2D eigenvalue weighted by Crippen LogP contribution is -2.13. The number of rotatable bonds is 8. The first-order valence-electron chi connectivity index (χ1n) is 8.17. The molecule has 1 atom stereocenters. The van der Waals surface area contributed by atoms with Gasteiger partial charge in [-0.2, -0.15) is 0 Å². The van der Waals surface area contributed by atoms with Crippen molar-refractivity contribution in [2.75, 3.05) is 11.1 Å². The highest BCUT2D eigenvalue weighted by atomic mass is 32.2. The van der Waals surface area contributed by atoms with E-state index in [-0.39, 0.29) is 11.2 Å². The highest BCUT2D eigenvalue weighted by Gasteiger charge is 2.13. The summed E-state index contributed by atoms with van der Waals surface area (Å²) in [5.41, 5.74) is 2.46. The summed E-state index contributed by atoms with van der Waals surface area (Å²) in [6, 6.07) is 20.4. The zero-order valence-corrected chi connectivity index (χ0v) is 16.7. The number of thioether (sulfide) groups is 2. The Morgan fingerprint density at radius 2 is 1.77 bits per heavy atom. The van der Waals surface area contributed by atoms with Crippen LogP contribution in [-0.2, 0) is 10.5 Å². The van der Waals surface area contributed by atoms with Gasteiger partial charge in [-0.1, -0.05) is 83.8 Å². The molecule has 1 N–H and O–H groups in total. The van der Waals surface area contributed by atoms with Crippen LogP contribution in [0.4, 0.5) is 5.13 Å². The highest BCUT2D eigenvalue weighted by molar-refractivity contribution is 8.01. The van der Waals surface area contributed by atoms with Gasteiger partial charge >= 0.3 is 0 Å². The monoisotopic (exact) mass is 401 g/mol. The van der Waals surface area contributed by atoms with Gasteiger partial charge in [0.05, 0.1) is 5.75 Å². The van der Waals surface area contributed by atoms with E-state index in [0.29, 0.717) is 10.9 Å². The summed E-state index contributed by atoms with van der Waals surface area (Å²) in [6.07, 6.45) is 0. The predicted octanol–water partition coefficient (Wildman–Crippen LogP) is 5.26. The van der Waals surface area contributed by atoms with Crippen molar-refractivity contribution >= 4 is 45.9 Å². The number of benzene rings is 2. The molecule has 7 heteroatoms. The number of nitrogens with zero attached hydrogens (tertiary/aromatic N) is 2. The van der Waals surface area contributed by atoms with Gasteiger partial charge in [0.25, 0.3) is 0 Å². The van der Waals surface area contributed by atoms with Crippen LogP contribution >= 0.6 is 34.9 Å². The van der Waals surface area contributed by atoms with Crippen LogP contribution in [0, 0.1) is 0 Å². The molecule has 0 radical (unpaired) electrons. The third-order valence-electron chi connectivity index (χ3n) is 3.54. The van der Waals surface area contributed by atoms with Gasteiger partial charge in [-0.25, -0.2) is 0 Å². The SMILES string of the molecule is CC(Sc1nnc(NC(=O)CSCc2ccccc2)s1)c1ccccc1. The van der Waals surface area contributed by atoms with Gasteiger partial charge < -0.3 is 0 Å². The molecule has 1 heterocycles. The van der Waals surface area contributed by atoms with Crippen LogP contribution < -0.4 is 5.32 Å². The third-order valence-corrected chi connectivity index (χ3v) is 6.63. The van der Waals surface area contributed by atoms with E-state index in [4.69, 9.17) is 0 Å². The molecule has 0 bridgehead atoms. The minimum Gasteiger partial charge on any atom is -0.300 e. The fourth-order valence-corrected chi connectivity index (χ4v) is 5.07. The van der Waals surface area contributed by atoms with Crippen LogP contribution in [0.15, 0.2) is 65.0 Å². The lowest BCUT2D eigenvalue weighted by Gasteiger charge is -2.08. The summed E-state index contributed by atoms with van der Waals surface area (Å²) in [4.78, 5) is 12.1.